The van der Waals surface area contributed by atoms with Gasteiger partial charge in [-0.3, -0.25) is 10.1 Å². The van der Waals surface area contributed by atoms with Crippen LogP contribution < -0.4 is 14.8 Å². The lowest BCUT2D eigenvalue weighted by atomic mass is 10.1. The summed E-state index contributed by atoms with van der Waals surface area (Å²) in [6, 6.07) is 5.55. The Morgan fingerprint density at radius 2 is 2.12 bits per heavy atom. The zero-order chi connectivity index (χ0) is 18.9. The zero-order valence-electron chi connectivity index (χ0n) is 15.6. The van der Waals surface area contributed by atoms with Crippen molar-refractivity contribution in [1.29, 1.82) is 0 Å². The van der Waals surface area contributed by atoms with Crippen LogP contribution in [0.25, 0.3) is 6.08 Å². The number of ether oxygens (including phenoxy) is 2. The smallest absolute Gasteiger partial charge is 0.250 e. The second kappa shape index (κ2) is 9.91. The molecule has 0 unspecified atom stereocenters. The quantitative estimate of drug-likeness (QED) is 0.666. The van der Waals surface area contributed by atoms with E-state index in [0.717, 1.165) is 23.4 Å². The van der Waals surface area contributed by atoms with Gasteiger partial charge in [0.25, 0.3) is 0 Å². The summed E-state index contributed by atoms with van der Waals surface area (Å²) < 4.78 is 11.0. The minimum atomic E-state index is -0.248. The Kier molecular flexibility index (Phi) is 7.59. The second-order valence-electron chi connectivity index (χ2n) is 6.18. The highest BCUT2D eigenvalue weighted by molar-refractivity contribution is 7.15. The Hall–Kier alpha value is -2.41. The second-order valence-corrected chi connectivity index (χ2v) is 7.24. The average Bonchev–Trinajstić information content (AvgIpc) is 3.04. The van der Waals surface area contributed by atoms with Crippen LogP contribution >= 0.6 is 11.3 Å². The monoisotopic (exact) mass is 375 g/mol. The summed E-state index contributed by atoms with van der Waals surface area (Å²) in [5.74, 6) is 1.60. The van der Waals surface area contributed by atoms with Crippen LogP contribution in [-0.2, 0) is 11.2 Å². The first kappa shape index (κ1) is 19.9. The fourth-order valence-electron chi connectivity index (χ4n) is 2.17. The summed E-state index contributed by atoms with van der Waals surface area (Å²) in [5.41, 5.74) is 0.846. The van der Waals surface area contributed by atoms with Crippen molar-refractivity contribution in [3.8, 4) is 11.5 Å². The van der Waals surface area contributed by atoms with E-state index in [0.29, 0.717) is 29.2 Å². The van der Waals surface area contributed by atoms with Crippen LogP contribution in [0.15, 0.2) is 24.3 Å². The number of amides is 1. The number of carbonyl (C=O) groups is 1. The number of hydrogen-bond donors (Lipinski definition) is 1. The number of aromatic nitrogens is 2. The molecule has 0 aliphatic rings. The van der Waals surface area contributed by atoms with Crippen LogP contribution in [0.1, 0.15) is 37.8 Å². The number of hydrogen-bond acceptors (Lipinski definition) is 6. The molecule has 1 aromatic carbocycles. The standard InChI is InChI=1S/C19H25N3O3S/c1-5-10-25-15-8-6-14(12-16(15)24-4)7-9-17(23)20-19-22-21-18(26-19)11-13(2)3/h6-9,12-13H,5,10-11H2,1-4H3,(H,20,22,23)/b9-7+. The first-order valence-electron chi connectivity index (χ1n) is 8.64. The van der Waals surface area contributed by atoms with Gasteiger partial charge < -0.3 is 9.47 Å². The third kappa shape index (κ3) is 6.15. The van der Waals surface area contributed by atoms with Crippen molar-refractivity contribution in [2.45, 2.75) is 33.6 Å². The first-order chi connectivity index (χ1) is 12.5. The maximum atomic E-state index is 12.1. The summed E-state index contributed by atoms with van der Waals surface area (Å²) >= 11 is 1.40. The minimum absolute atomic E-state index is 0.248. The van der Waals surface area contributed by atoms with Crippen molar-refractivity contribution < 1.29 is 14.3 Å². The molecule has 6 nitrogen and oxygen atoms in total. The molecule has 26 heavy (non-hydrogen) atoms. The van der Waals surface area contributed by atoms with E-state index < -0.39 is 0 Å². The van der Waals surface area contributed by atoms with Gasteiger partial charge in [-0.25, -0.2) is 0 Å². The number of rotatable bonds is 9. The number of nitrogens with zero attached hydrogens (tertiary/aromatic N) is 2. The molecule has 0 saturated carbocycles. The lowest BCUT2D eigenvalue weighted by Gasteiger charge is -2.10. The molecule has 0 atom stereocenters. The molecular formula is C19H25N3O3S. The molecule has 0 fully saturated rings. The molecule has 0 aliphatic carbocycles. The van der Waals surface area contributed by atoms with Crippen LogP contribution in [0.3, 0.4) is 0 Å². The number of methoxy groups -OCH3 is 1. The summed E-state index contributed by atoms with van der Waals surface area (Å²) in [6.07, 6.45) is 4.97. The Morgan fingerprint density at radius 1 is 1.31 bits per heavy atom. The Bertz CT molecular complexity index is 756. The fraction of sp³-hybridized carbons (Fsp3) is 0.421. The first-order valence-corrected chi connectivity index (χ1v) is 9.45. The maximum absolute atomic E-state index is 12.1. The predicted octanol–water partition coefficient (Wildman–Crippen LogP) is 4.19. The van der Waals surface area contributed by atoms with Crippen molar-refractivity contribution in [3.63, 3.8) is 0 Å². The molecule has 1 aromatic heterocycles. The molecule has 0 radical (unpaired) electrons. The Labute approximate surface area is 158 Å². The maximum Gasteiger partial charge on any atom is 0.250 e. The van der Waals surface area contributed by atoms with Crippen LogP contribution in [0.2, 0.25) is 0 Å². The third-order valence-electron chi connectivity index (χ3n) is 3.36. The van der Waals surface area contributed by atoms with Crippen molar-refractivity contribution in [1.82, 2.24) is 10.2 Å². The summed E-state index contributed by atoms with van der Waals surface area (Å²) in [5, 5.41) is 12.3. The minimum Gasteiger partial charge on any atom is -0.493 e. The highest BCUT2D eigenvalue weighted by Crippen LogP contribution is 2.28. The van der Waals surface area contributed by atoms with E-state index in [1.807, 2.05) is 25.1 Å². The predicted molar refractivity (Wildman–Crippen MR) is 105 cm³/mol. The van der Waals surface area contributed by atoms with Crippen molar-refractivity contribution >= 4 is 28.5 Å². The highest BCUT2D eigenvalue weighted by atomic mass is 32.1. The van der Waals surface area contributed by atoms with E-state index in [1.165, 1.54) is 17.4 Å². The number of anilines is 1. The molecule has 0 aliphatic heterocycles. The number of carbonyl (C=O) groups excluding carboxylic acids is 1. The van der Waals surface area contributed by atoms with Gasteiger partial charge in [0.05, 0.1) is 13.7 Å². The van der Waals surface area contributed by atoms with Gasteiger partial charge in [-0.05, 0) is 36.1 Å². The summed E-state index contributed by atoms with van der Waals surface area (Å²) in [7, 11) is 1.60. The normalized spacial score (nSPS) is 11.1. The molecule has 1 N–H and O–H groups in total. The molecular weight excluding hydrogens is 350 g/mol. The fourth-order valence-corrected chi connectivity index (χ4v) is 3.13. The van der Waals surface area contributed by atoms with Gasteiger partial charge in [0.2, 0.25) is 11.0 Å². The van der Waals surface area contributed by atoms with Crippen molar-refractivity contribution in [3.05, 3.63) is 34.8 Å². The molecule has 2 rings (SSSR count). The molecule has 140 valence electrons. The largest absolute Gasteiger partial charge is 0.493 e. The van der Waals surface area contributed by atoms with Crippen molar-refractivity contribution in [2.24, 2.45) is 5.92 Å². The van der Waals surface area contributed by atoms with Crippen LogP contribution in [0.5, 0.6) is 11.5 Å². The summed E-state index contributed by atoms with van der Waals surface area (Å²) in [4.78, 5) is 12.1. The van der Waals surface area contributed by atoms with Crippen LogP contribution in [0.4, 0.5) is 5.13 Å². The topological polar surface area (TPSA) is 73.3 Å². The van der Waals surface area contributed by atoms with E-state index in [2.05, 4.69) is 29.4 Å². The summed E-state index contributed by atoms with van der Waals surface area (Å²) in [6.45, 7) is 6.92. The average molecular weight is 375 g/mol. The van der Waals surface area contributed by atoms with E-state index in [9.17, 15) is 4.79 Å². The molecule has 1 heterocycles. The Morgan fingerprint density at radius 3 is 2.81 bits per heavy atom. The van der Waals surface area contributed by atoms with E-state index in [1.54, 1.807) is 13.2 Å². The number of benzene rings is 1. The van der Waals surface area contributed by atoms with Gasteiger partial charge in [0.15, 0.2) is 11.5 Å². The van der Waals surface area contributed by atoms with Gasteiger partial charge >= 0.3 is 0 Å². The van der Waals surface area contributed by atoms with Gasteiger partial charge in [0, 0.05) is 12.5 Å². The van der Waals surface area contributed by atoms with E-state index >= 15 is 0 Å². The SMILES string of the molecule is CCCOc1ccc(/C=C/C(=O)Nc2nnc(CC(C)C)s2)cc1OC. The molecule has 7 heteroatoms. The van der Waals surface area contributed by atoms with E-state index in [-0.39, 0.29) is 5.91 Å². The number of nitrogens with one attached hydrogen (secondary N) is 1. The van der Waals surface area contributed by atoms with Crippen molar-refractivity contribution in [2.75, 3.05) is 19.0 Å². The van der Waals surface area contributed by atoms with Crippen LogP contribution in [-0.4, -0.2) is 29.8 Å². The molecule has 0 saturated heterocycles. The highest BCUT2D eigenvalue weighted by Gasteiger charge is 2.08. The molecule has 0 spiro atoms. The lowest BCUT2D eigenvalue weighted by Crippen LogP contribution is -2.07. The zero-order valence-corrected chi connectivity index (χ0v) is 16.4. The van der Waals surface area contributed by atoms with Gasteiger partial charge in [-0.15, -0.1) is 10.2 Å². The van der Waals surface area contributed by atoms with Gasteiger partial charge in [-0.1, -0.05) is 38.2 Å². The molecule has 1 amide bonds. The Balaban J connectivity index is 1.97. The van der Waals surface area contributed by atoms with Gasteiger partial charge in [-0.2, -0.15) is 0 Å². The third-order valence-corrected chi connectivity index (χ3v) is 4.22. The van der Waals surface area contributed by atoms with Crippen LogP contribution in [0, 0.1) is 5.92 Å². The van der Waals surface area contributed by atoms with Gasteiger partial charge in [0.1, 0.15) is 5.01 Å². The molecule has 0 bridgehead atoms. The van der Waals surface area contributed by atoms with E-state index in [4.69, 9.17) is 9.47 Å². The molecule has 2 aromatic rings. The lowest BCUT2D eigenvalue weighted by molar-refractivity contribution is -0.111.